The first-order valence-electron chi connectivity index (χ1n) is 5.03. The quantitative estimate of drug-likeness (QED) is 0.742. The van der Waals surface area contributed by atoms with Crippen LogP contribution in [0, 0.1) is 0 Å². The van der Waals surface area contributed by atoms with Crippen molar-refractivity contribution in [2.24, 2.45) is 0 Å². The normalized spacial score (nSPS) is 11.9. The molecule has 1 aromatic carbocycles. The van der Waals surface area contributed by atoms with Crippen molar-refractivity contribution in [2.75, 3.05) is 19.3 Å². The van der Waals surface area contributed by atoms with Gasteiger partial charge in [-0.1, -0.05) is 25.1 Å². The largest absolute Gasteiger partial charge is 0.398 e. The lowest BCUT2D eigenvalue weighted by Gasteiger charge is -2.20. The third-order valence-electron chi connectivity index (χ3n) is 2.35. The molecule has 5 nitrogen and oxygen atoms in total. The first kappa shape index (κ1) is 13.0. The Balaban J connectivity index is 2.91. The Bertz CT molecular complexity index is 445. The van der Waals surface area contributed by atoms with E-state index >= 15 is 0 Å². The van der Waals surface area contributed by atoms with Crippen LogP contribution in [0.15, 0.2) is 24.3 Å². The molecule has 0 saturated heterocycles. The van der Waals surface area contributed by atoms with Crippen LogP contribution in [0.25, 0.3) is 0 Å². The molecule has 6 heteroatoms. The number of nitrogens with one attached hydrogen (secondary N) is 1. The molecule has 0 amide bonds. The lowest BCUT2D eigenvalue weighted by atomic mass is 10.2. The minimum Gasteiger partial charge on any atom is -0.398 e. The fraction of sp³-hybridized carbons (Fsp3) is 0.400. The van der Waals surface area contributed by atoms with Gasteiger partial charge in [-0.3, -0.25) is 0 Å². The second-order valence-corrected chi connectivity index (χ2v) is 5.21. The van der Waals surface area contributed by atoms with E-state index in [1.165, 1.54) is 11.4 Å². The smallest absolute Gasteiger partial charge is 0.279 e. The van der Waals surface area contributed by atoms with Crippen LogP contribution in [0.5, 0.6) is 0 Å². The van der Waals surface area contributed by atoms with Gasteiger partial charge in [-0.15, -0.1) is 0 Å². The molecule has 16 heavy (non-hydrogen) atoms. The van der Waals surface area contributed by atoms with Crippen LogP contribution in [0.2, 0.25) is 0 Å². The third kappa shape index (κ3) is 2.94. The molecule has 0 spiro atoms. The highest BCUT2D eigenvalue weighted by molar-refractivity contribution is 7.87. The molecule has 0 aromatic heterocycles. The summed E-state index contributed by atoms with van der Waals surface area (Å²) in [6.07, 6.45) is 0. The number of para-hydroxylation sites is 1. The molecule has 0 bridgehead atoms. The number of rotatable bonds is 5. The minimum absolute atomic E-state index is 0.284. The second kappa shape index (κ2) is 5.29. The van der Waals surface area contributed by atoms with E-state index in [-0.39, 0.29) is 6.54 Å². The molecule has 0 atom stereocenters. The van der Waals surface area contributed by atoms with Crippen LogP contribution in [0.4, 0.5) is 5.69 Å². The van der Waals surface area contributed by atoms with Crippen molar-refractivity contribution in [2.45, 2.75) is 13.5 Å². The van der Waals surface area contributed by atoms with Crippen molar-refractivity contribution in [1.29, 1.82) is 0 Å². The zero-order valence-electron chi connectivity index (χ0n) is 9.47. The molecule has 0 aliphatic heterocycles. The van der Waals surface area contributed by atoms with E-state index in [2.05, 4.69) is 4.72 Å². The number of nitrogens with zero attached hydrogens (tertiary/aromatic N) is 1. The Labute approximate surface area is 96.4 Å². The minimum atomic E-state index is -3.40. The van der Waals surface area contributed by atoms with Crippen molar-refractivity contribution in [3.05, 3.63) is 29.8 Å². The molecular weight excluding hydrogens is 226 g/mol. The Hall–Kier alpha value is -1.11. The van der Waals surface area contributed by atoms with E-state index in [1.807, 2.05) is 18.2 Å². The zero-order valence-corrected chi connectivity index (χ0v) is 10.3. The van der Waals surface area contributed by atoms with Crippen molar-refractivity contribution in [3.8, 4) is 0 Å². The lowest BCUT2D eigenvalue weighted by molar-refractivity contribution is 0.418. The number of hydrogen-bond acceptors (Lipinski definition) is 3. The van der Waals surface area contributed by atoms with E-state index in [9.17, 15) is 8.42 Å². The average molecular weight is 243 g/mol. The van der Waals surface area contributed by atoms with Crippen LogP contribution < -0.4 is 10.5 Å². The molecule has 0 saturated carbocycles. The maximum atomic E-state index is 11.6. The standard InChI is InChI=1S/C10H17N3O2S/c1-3-13(16(14,15)12-2)8-9-6-4-5-7-10(9)11/h4-7,12H,3,8,11H2,1-2H3. The predicted octanol–water partition coefficient (Wildman–Crippen LogP) is 0.555. The SMILES string of the molecule is CCN(Cc1ccccc1N)S(=O)(=O)NC. The summed E-state index contributed by atoms with van der Waals surface area (Å²) < 4.78 is 26.9. The molecule has 0 aliphatic carbocycles. The van der Waals surface area contributed by atoms with Crippen molar-refractivity contribution >= 4 is 15.9 Å². The molecule has 90 valence electrons. The highest BCUT2D eigenvalue weighted by Gasteiger charge is 2.18. The molecule has 0 unspecified atom stereocenters. The van der Waals surface area contributed by atoms with E-state index in [1.54, 1.807) is 13.0 Å². The Morgan fingerprint density at radius 3 is 2.50 bits per heavy atom. The predicted molar refractivity (Wildman–Crippen MR) is 64.9 cm³/mol. The van der Waals surface area contributed by atoms with E-state index < -0.39 is 10.2 Å². The molecule has 1 rings (SSSR count). The van der Waals surface area contributed by atoms with E-state index in [4.69, 9.17) is 5.73 Å². The molecule has 0 aliphatic rings. The van der Waals surface area contributed by atoms with Gasteiger partial charge in [0.1, 0.15) is 0 Å². The third-order valence-corrected chi connectivity index (χ3v) is 3.94. The zero-order chi connectivity index (χ0) is 12.2. The molecule has 0 fully saturated rings. The van der Waals surface area contributed by atoms with Gasteiger partial charge < -0.3 is 5.73 Å². The fourth-order valence-electron chi connectivity index (χ4n) is 1.36. The highest BCUT2D eigenvalue weighted by Crippen LogP contribution is 2.14. The first-order valence-corrected chi connectivity index (χ1v) is 6.47. The Morgan fingerprint density at radius 2 is 2.00 bits per heavy atom. The second-order valence-electron chi connectivity index (χ2n) is 3.33. The average Bonchev–Trinajstić information content (AvgIpc) is 2.27. The van der Waals surface area contributed by atoms with E-state index in [0.29, 0.717) is 12.2 Å². The summed E-state index contributed by atoms with van der Waals surface area (Å²) in [5.74, 6) is 0. The van der Waals surface area contributed by atoms with Gasteiger partial charge in [-0.05, 0) is 11.6 Å². The summed E-state index contributed by atoms with van der Waals surface area (Å²) in [4.78, 5) is 0. The number of nitrogens with two attached hydrogens (primary N) is 1. The van der Waals surface area contributed by atoms with Gasteiger partial charge in [-0.25, -0.2) is 4.72 Å². The van der Waals surface area contributed by atoms with Gasteiger partial charge in [0, 0.05) is 25.8 Å². The molecule has 0 heterocycles. The van der Waals surface area contributed by atoms with Crippen LogP contribution in [-0.2, 0) is 16.8 Å². The van der Waals surface area contributed by atoms with Crippen molar-refractivity contribution in [1.82, 2.24) is 9.03 Å². The Morgan fingerprint density at radius 1 is 1.38 bits per heavy atom. The topological polar surface area (TPSA) is 75.4 Å². The van der Waals surface area contributed by atoms with Crippen LogP contribution >= 0.6 is 0 Å². The molecule has 3 N–H and O–H groups in total. The number of hydrogen-bond donors (Lipinski definition) is 2. The van der Waals surface area contributed by atoms with Gasteiger partial charge in [-0.2, -0.15) is 12.7 Å². The van der Waals surface area contributed by atoms with E-state index in [0.717, 1.165) is 5.56 Å². The number of anilines is 1. The Kier molecular flexibility index (Phi) is 4.28. The maximum Gasteiger partial charge on any atom is 0.279 e. The summed E-state index contributed by atoms with van der Waals surface area (Å²) in [6, 6.07) is 7.24. The summed E-state index contributed by atoms with van der Waals surface area (Å²) >= 11 is 0. The molecular formula is C10H17N3O2S. The number of nitrogen functional groups attached to an aromatic ring is 1. The molecule has 1 aromatic rings. The van der Waals surface area contributed by atoms with Crippen LogP contribution in [-0.4, -0.2) is 26.3 Å². The van der Waals surface area contributed by atoms with Crippen molar-refractivity contribution < 1.29 is 8.42 Å². The summed E-state index contributed by atoms with van der Waals surface area (Å²) in [6.45, 7) is 2.47. The van der Waals surface area contributed by atoms with Crippen LogP contribution in [0.3, 0.4) is 0 Å². The summed E-state index contributed by atoms with van der Waals surface area (Å²) in [5.41, 5.74) is 7.18. The maximum absolute atomic E-state index is 11.6. The van der Waals surface area contributed by atoms with Gasteiger partial charge >= 0.3 is 0 Å². The monoisotopic (exact) mass is 243 g/mol. The fourth-order valence-corrected chi connectivity index (χ4v) is 2.27. The van der Waals surface area contributed by atoms with Gasteiger partial charge in [0.05, 0.1) is 0 Å². The first-order chi connectivity index (χ1) is 7.51. The van der Waals surface area contributed by atoms with Gasteiger partial charge in [0.2, 0.25) is 0 Å². The van der Waals surface area contributed by atoms with Crippen molar-refractivity contribution in [3.63, 3.8) is 0 Å². The number of benzene rings is 1. The van der Waals surface area contributed by atoms with Gasteiger partial charge in [0.15, 0.2) is 0 Å². The lowest BCUT2D eigenvalue weighted by Crippen LogP contribution is -2.38. The van der Waals surface area contributed by atoms with Crippen LogP contribution in [0.1, 0.15) is 12.5 Å². The van der Waals surface area contributed by atoms with Gasteiger partial charge in [0.25, 0.3) is 10.2 Å². The summed E-state index contributed by atoms with van der Waals surface area (Å²) in [5, 5.41) is 0. The molecule has 0 radical (unpaired) electrons. The highest BCUT2D eigenvalue weighted by atomic mass is 32.2. The summed E-state index contributed by atoms with van der Waals surface area (Å²) in [7, 11) is -2.00.